The maximum absolute atomic E-state index is 13.5. The molecule has 0 radical (unpaired) electrons. The molecule has 0 saturated carbocycles. The van der Waals surface area contributed by atoms with E-state index in [1.54, 1.807) is 6.20 Å². The van der Waals surface area contributed by atoms with E-state index in [0.717, 1.165) is 12.1 Å². The smallest absolute Gasteiger partial charge is 0.125 e. The van der Waals surface area contributed by atoms with Gasteiger partial charge in [0.05, 0.1) is 0 Å². The lowest BCUT2D eigenvalue weighted by molar-refractivity contribution is 0.198. The Bertz CT molecular complexity index is 280. The Morgan fingerprint density at radius 2 is 2.21 bits per heavy atom. The van der Waals surface area contributed by atoms with E-state index in [2.05, 4.69) is 11.9 Å². The van der Waals surface area contributed by atoms with Crippen LogP contribution in [0.5, 0.6) is 0 Å². The van der Waals surface area contributed by atoms with Gasteiger partial charge in [-0.15, -0.1) is 0 Å². The Morgan fingerprint density at radius 1 is 1.50 bits per heavy atom. The molecular formula is C11H17FN2. The Balaban J connectivity index is 2.69. The first kappa shape index (κ1) is 11.1. The number of nitrogens with two attached hydrogens (primary N) is 1. The highest BCUT2D eigenvalue weighted by Crippen LogP contribution is 2.14. The van der Waals surface area contributed by atoms with Gasteiger partial charge in [0.2, 0.25) is 0 Å². The van der Waals surface area contributed by atoms with Crippen molar-refractivity contribution >= 4 is 0 Å². The third-order valence-electron chi connectivity index (χ3n) is 2.27. The van der Waals surface area contributed by atoms with Gasteiger partial charge in [0.15, 0.2) is 0 Å². The second-order valence-electron chi connectivity index (χ2n) is 3.81. The van der Waals surface area contributed by atoms with Crippen LogP contribution < -0.4 is 5.73 Å². The molecule has 14 heavy (non-hydrogen) atoms. The van der Waals surface area contributed by atoms with Crippen molar-refractivity contribution in [3.8, 4) is 0 Å². The van der Waals surface area contributed by atoms with E-state index in [0.29, 0.717) is 0 Å². The largest absolute Gasteiger partial charge is 0.328 e. The number of hydrogen-bond donors (Lipinski definition) is 1. The molecule has 0 aliphatic rings. The topological polar surface area (TPSA) is 38.9 Å². The summed E-state index contributed by atoms with van der Waals surface area (Å²) in [5, 5.41) is 0. The maximum atomic E-state index is 13.5. The van der Waals surface area contributed by atoms with Crippen molar-refractivity contribution in [2.75, 3.05) is 6.54 Å². The van der Waals surface area contributed by atoms with Gasteiger partial charge in [0.1, 0.15) is 5.67 Å². The van der Waals surface area contributed by atoms with Gasteiger partial charge >= 0.3 is 0 Å². The van der Waals surface area contributed by atoms with Gasteiger partial charge in [0.25, 0.3) is 0 Å². The molecule has 2 nitrogen and oxygen atoms in total. The average Bonchev–Trinajstić information content (AvgIpc) is 2.19. The van der Waals surface area contributed by atoms with Crippen LogP contribution in [0.15, 0.2) is 18.3 Å². The summed E-state index contributed by atoms with van der Waals surface area (Å²) in [6.45, 7) is 3.60. The van der Waals surface area contributed by atoms with Crippen molar-refractivity contribution in [2.45, 2.75) is 32.4 Å². The fraction of sp³-hybridized carbons (Fsp3) is 0.545. The van der Waals surface area contributed by atoms with Gasteiger partial charge in [-0.25, -0.2) is 4.39 Å². The predicted octanol–water partition coefficient (Wildman–Crippen LogP) is 1.87. The van der Waals surface area contributed by atoms with Crippen molar-refractivity contribution in [3.63, 3.8) is 0 Å². The lowest BCUT2D eigenvalue weighted by Gasteiger charge is -2.17. The Hall–Kier alpha value is -0.960. The summed E-state index contributed by atoms with van der Waals surface area (Å²) in [6.07, 6.45) is 3.03. The first-order valence-electron chi connectivity index (χ1n) is 4.90. The molecule has 0 saturated heterocycles. The van der Waals surface area contributed by atoms with Crippen LogP contribution in [0, 0.1) is 0 Å². The third-order valence-corrected chi connectivity index (χ3v) is 2.27. The van der Waals surface area contributed by atoms with Crippen LogP contribution in [0.25, 0.3) is 0 Å². The van der Waals surface area contributed by atoms with Crippen molar-refractivity contribution in [2.24, 2.45) is 5.73 Å². The van der Waals surface area contributed by atoms with Crippen LogP contribution in [0.3, 0.4) is 0 Å². The van der Waals surface area contributed by atoms with E-state index in [9.17, 15) is 4.39 Å². The zero-order valence-electron chi connectivity index (χ0n) is 8.76. The molecule has 0 amide bonds. The SMILES string of the molecule is CCc1ccc(CC(C)(F)CN)nc1. The maximum Gasteiger partial charge on any atom is 0.125 e. The minimum atomic E-state index is -1.35. The van der Waals surface area contributed by atoms with Gasteiger partial charge in [-0.05, 0) is 25.0 Å². The van der Waals surface area contributed by atoms with E-state index < -0.39 is 5.67 Å². The molecule has 0 aliphatic carbocycles. The lowest BCUT2D eigenvalue weighted by atomic mass is 10.0. The molecule has 3 heteroatoms. The number of nitrogens with zero attached hydrogens (tertiary/aromatic N) is 1. The van der Waals surface area contributed by atoms with Crippen LogP contribution in [-0.2, 0) is 12.8 Å². The fourth-order valence-electron chi connectivity index (χ4n) is 1.22. The van der Waals surface area contributed by atoms with E-state index in [1.165, 1.54) is 12.5 Å². The number of aromatic nitrogens is 1. The summed E-state index contributed by atoms with van der Waals surface area (Å²) in [5.74, 6) is 0. The second kappa shape index (κ2) is 4.51. The highest BCUT2D eigenvalue weighted by molar-refractivity contribution is 5.15. The minimum Gasteiger partial charge on any atom is -0.328 e. The molecule has 1 aromatic heterocycles. The quantitative estimate of drug-likeness (QED) is 0.798. The zero-order valence-corrected chi connectivity index (χ0v) is 8.76. The molecule has 1 heterocycles. The molecule has 0 aliphatic heterocycles. The molecule has 0 aromatic carbocycles. The highest BCUT2D eigenvalue weighted by atomic mass is 19.1. The summed E-state index contributed by atoms with van der Waals surface area (Å²) in [7, 11) is 0. The summed E-state index contributed by atoms with van der Waals surface area (Å²) < 4.78 is 13.5. The molecule has 1 unspecified atom stereocenters. The molecule has 1 aromatic rings. The molecule has 2 N–H and O–H groups in total. The molecule has 1 rings (SSSR count). The summed E-state index contributed by atoms with van der Waals surface area (Å²) in [4.78, 5) is 4.19. The van der Waals surface area contributed by atoms with Crippen LogP contribution in [0.2, 0.25) is 0 Å². The highest BCUT2D eigenvalue weighted by Gasteiger charge is 2.21. The normalized spacial score (nSPS) is 15.1. The van der Waals surface area contributed by atoms with Crippen LogP contribution in [0.1, 0.15) is 25.1 Å². The second-order valence-corrected chi connectivity index (χ2v) is 3.81. The van der Waals surface area contributed by atoms with Gasteiger partial charge in [0, 0.05) is 24.9 Å². The van der Waals surface area contributed by atoms with Crippen molar-refractivity contribution in [1.82, 2.24) is 4.98 Å². The van der Waals surface area contributed by atoms with Gasteiger partial charge < -0.3 is 5.73 Å². The summed E-state index contributed by atoms with van der Waals surface area (Å²) in [5.41, 5.74) is 5.89. The number of hydrogen-bond acceptors (Lipinski definition) is 2. The first-order chi connectivity index (χ1) is 6.57. The molecule has 1 atom stereocenters. The number of halogens is 1. The molecule has 0 fully saturated rings. The number of aryl methyl sites for hydroxylation is 1. The molecule has 0 bridgehead atoms. The standard InChI is InChI=1S/C11H17FN2/c1-3-9-4-5-10(14-7-9)6-11(2,12)8-13/h4-5,7H,3,6,8,13H2,1-2H3. The van der Waals surface area contributed by atoms with Crippen molar-refractivity contribution in [1.29, 1.82) is 0 Å². The molecule has 0 spiro atoms. The summed E-state index contributed by atoms with van der Waals surface area (Å²) >= 11 is 0. The van der Waals surface area contributed by atoms with Gasteiger partial charge in [-0.1, -0.05) is 13.0 Å². The molecular weight excluding hydrogens is 179 g/mol. The Kier molecular flexibility index (Phi) is 3.58. The van der Waals surface area contributed by atoms with Crippen LogP contribution >= 0.6 is 0 Å². The number of pyridine rings is 1. The predicted molar refractivity (Wildman–Crippen MR) is 55.9 cm³/mol. The van der Waals surface area contributed by atoms with Gasteiger partial charge in [-0.2, -0.15) is 0 Å². The minimum absolute atomic E-state index is 0.0320. The monoisotopic (exact) mass is 196 g/mol. The van der Waals surface area contributed by atoms with Crippen molar-refractivity contribution in [3.05, 3.63) is 29.6 Å². The van der Waals surface area contributed by atoms with Crippen LogP contribution in [-0.4, -0.2) is 17.2 Å². The lowest BCUT2D eigenvalue weighted by Crippen LogP contribution is -2.31. The fourth-order valence-corrected chi connectivity index (χ4v) is 1.22. The van der Waals surface area contributed by atoms with Gasteiger partial charge in [-0.3, -0.25) is 4.98 Å². The first-order valence-corrected chi connectivity index (χ1v) is 4.90. The van der Waals surface area contributed by atoms with Crippen LogP contribution in [0.4, 0.5) is 4.39 Å². The number of alkyl halides is 1. The zero-order chi connectivity index (χ0) is 10.6. The average molecular weight is 196 g/mol. The van der Waals surface area contributed by atoms with E-state index in [4.69, 9.17) is 5.73 Å². The van der Waals surface area contributed by atoms with E-state index in [1.807, 2.05) is 12.1 Å². The van der Waals surface area contributed by atoms with Crippen molar-refractivity contribution < 1.29 is 4.39 Å². The molecule has 78 valence electrons. The number of rotatable bonds is 4. The van der Waals surface area contributed by atoms with E-state index in [-0.39, 0.29) is 13.0 Å². The van der Waals surface area contributed by atoms with E-state index >= 15 is 0 Å². The Labute approximate surface area is 84.3 Å². The summed E-state index contributed by atoms with van der Waals surface area (Å²) in [6, 6.07) is 3.85. The Morgan fingerprint density at radius 3 is 2.64 bits per heavy atom. The third kappa shape index (κ3) is 3.07.